The molecular formula is C12H16O4. The van der Waals surface area contributed by atoms with Crippen LogP contribution in [-0.2, 0) is 16.0 Å². The van der Waals surface area contributed by atoms with E-state index in [9.17, 15) is 4.79 Å². The number of carbonyl (C=O) groups excluding carboxylic acids is 1. The number of aliphatic hydroxyl groups is 1. The highest BCUT2D eigenvalue weighted by atomic mass is 16.5. The van der Waals surface area contributed by atoms with Gasteiger partial charge in [0.05, 0.1) is 13.7 Å². The predicted octanol–water partition coefficient (Wildman–Crippen LogP) is 1.16. The summed E-state index contributed by atoms with van der Waals surface area (Å²) in [5.41, 5.74) is 0.978. The van der Waals surface area contributed by atoms with Gasteiger partial charge >= 0.3 is 5.97 Å². The lowest BCUT2D eigenvalue weighted by Gasteiger charge is -2.07. The third kappa shape index (κ3) is 3.90. The van der Waals surface area contributed by atoms with E-state index in [0.29, 0.717) is 12.8 Å². The fourth-order valence-corrected chi connectivity index (χ4v) is 1.38. The number of benzene rings is 1. The highest BCUT2D eigenvalue weighted by Gasteiger charge is 2.06. The second kappa shape index (κ2) is 6.85. The van der Waals surface area contributed by atoms with Gasteiger partial charge in [-0.05, 0) is 18.1 Å². The van der Waals surface area contributed by atoms with Crippen LogP contribution < -0.4 is 4.74 Å². The van der Waals surface area contributed by atoms with E-state index in [1.54, 1.807) is 7.11 Å². The van der Waals surface area contributed by atoms with Crippen LogP contribution in [0.1, 0.15) is 12.0 Å². The van der Waals surface area contributed by atoms with Crippen molar-refractivity contribution < 1.29 is 19.4 Å². The Kier molecular flexibility index (Phi) is 5.36. The molecule has 1 aromatic carbocycles. The molecule has 0 aliphatic rings. The van der Waals surface area contributed by atoms with E-state index >= 15 is 0 Å². The van der Waals surface area contributed by atoms with Gasteiger partial charge in [-0.15, -0.1) is 0 Å². The van der Waals surface area contributed by atoms with E-state index < -0.39 is 0 Å². The van der Waals surface area contributed by atoms with Crippen molar-refractivity contribution in [2.24, 2.45) is 0 Å². The summed E-state index contributed by atoms with van der Waals surface area (Å²) < 4.78 is 9.92. The van der Waals surface area contributed by atoms with E-state index in [4.69, 9.17) is 14.6 Å². The van der Waals surface area contributed by atoms with Gasteiger partial charge in [0.15, 0.2) is 0 Å². The molecule has 0 fully saturated rings. The van der Waals surface area contributed by atoms with Crippen molar-refractivity contribution in [1.82, 2.24) is 0 Å². The number of carbonyl (C=O) groups is 1. The summed E-state index contributed by atoms with van der Waals surface area (Å²) >= 11 is 0. The number of aryl methyl sites for hydroxylation is 1. The summed E-state index contributed by atoms with van der Waals surface area (Å²) in [6, 6.07) is 7.55. The van der Waals surface area contributed by atoms with Gasteiger partial charge in [0, 0.05) is 6.42 Å². The van der Waals surface area contributed by atoms with E-state index in [2.05, 4.69) is 0 Å². The first-order valence-corrected chi connectivity index (χ1v) is 5.16. The molecule has 0 heterocycles. The van der Waals surface area contributed by atoms with Crippen molar-refractivity contribution in [2.45, 2.75) is 12.8 Å². The fraction of sp³-hybridized carbons (Fsp3) is 0.417. The molecule has 0 aliphatic carbocycles. The monoisotopic (exact) mass is 224 g/mol. The predicted molar refractivity (Wildman–Crippen MR) is 59.4 cm³/mol. The summed E-state index contributed by atoms with van der Waals surface area (Å²) in [6.07, 6.45) is 0.870. The van der Waals surface area contributed by atoms with E-state index in [1.807, 2.05) is 24.3 Å². The molecule has 0 radical (unpaired) electrons. The highest BCUT2D eigenvalue weighted by Crippen LogP contribution is 2.18. The molecule has 0 saturated carbocycles. The van der Waals surface area contributed by atoms with Crippen molar-refractivity contribution in [1.29, 1.82) is 0 Å². The molecule has 0 unspecified atom stereocenters. The van der Waals surface area contributed by atoms with Crippen LogP contribution in [0.2, 0.25) is 0 Å². The minimum absolute atomic E-state index is 0.0603. The smallest absolute Gasteiger partial charge is 0.306 e. The van der Waals surface area contributed by atoms with Crippen molar-refractivity contribution in [2.75, 3.05) is 20.3 Å². The number of hydrogen-bond donors (Lipinski definition) is 1. The molecule has 1 rings (SSSR count). The molecule has 0 saturated heterocycles. The van der Waals surface area contributed by atoms with Crippen LogP contribution in [0, 0.1) is 0 Å². The lowest BCUT2D eigenvalue weighted by atomic mass is 10.1. The zero-order chi connectivity index (χ0) is 11.8. The summed E-state index contributed by atoms with van der Waals surface area (Å²) in [5.74, 6) is 0.470. The zero-order valence-electron chi connectivity index (χ0n) is 9.31. The van der Waals surface area contributed by atoms with Crippen molar-refractivity contribution in [3.63, 3.8) is 0 Å². The Morgan fingerprint density at radius 3 is 2.81 bits per heavy atom. The van der Waals surface area contributed by atoms with E-state index in [0.717, 1.165) is 11.3 Å². The van der Waals surface area contributed by atoms with Gasteiger partial charge in [0.1, 0.15) is 12.4 Å². The third-order valence-corrected chi connectivity index (χ3v) is 2.15. The highest BCUT2D eigenvalue weighted by molar-refractivity contribution is 5.69. The van der Waals surface area contributed by atoms with Gasteiger partial charge < -0.3 is 14.6 Å². The first kappa shape index (κ1) is 12.5. The van der Waals surface area contributed by atoms with Gasteiger partial charge in [0.25, 0.3) is 0 Å². The van der Waals surface area contributed by atoms with Crippen LogP contribution in [0.4, 0.5) is 0 Å². The summed E-state index contributed by atoms with van der Waals surface area (Å²) in [6.45, 7) is -0.0782. The average molecular weight is 224 g/mol. The molecule has 0 aromatic heterocycles. The Morgan fingerprint density at radius 1 is 1.38 bits per heavy atom. The van der Waals surface area contributed by atoms with Crippen LogP contribution in [0.15, 0.2) is 24.3 Å². The topological polar surface area (TPSA) is 55.8 Å². The van der Waals surface area contributed by atoms with Gasteiger partial charge in [-0.25, -0.2) is 0 Å². The molecule has 0 bridgehead atoms. The molecule has 0 spiro atoms. The lowest BCUT2D eigenvalue weighted by Crippen LogP contribution is -2.09. The first-order chi connectivity index (χ1) is 7.77. The number of aliphatic hydroxyl groups excluding tert-OH is 1. The molecule has 4 heteroatoms. The minimum Gasteiger partial charge on any atom is -0.496 e. The normalized spacial score (nSPS) is 9.88. The average Bonchev–Trinajstić information content (AvgIpc) is 2.34. The summed E-state index contributed by atoms with van der Waals surface area (Å²) in [5, 5.41) is 8.49. The van der Waals surface area contributed by atoms with Crippen molar-refractivity contribution in [3.05, 3.63) is 29.8 Å². The maximum absolute atomic E-state index is 11.2. The molecule has 0 atom stereocenters. The summed E-state index contributed by atoms with van der Waals surface area (Å²) in [7, 11) is 1.60. The van der Waals surface area contributed by atoms with Crippen LogP contribution in [0.5, 0.6) is 5.75 Å². The Balaban J connectivity index is 2.44. The molecule has 4 nitrogen and oxygen atoms in total. The van der Waals surface area contributed by atoms with E-state index in [-0.39, 0.29) is 19.2 Å². The Labute approximate surface area is 94.8 Å². The van der Waals surface area contributed by atoms with Crippen molar-refractivity contribution >= 4 is 5.97 Å². The number of hydrogen-bond acceptors (Lipinski definition) is 4. The molecule has 1 aromatic rings. The lowest BCUT2D eigenvalue weighted by molar-refractivity contribution is -0.144. The second-order valence-corrected chi connectivity index (χ2v) is 3.26. The minimum atomic E-state index is -0.306. The number of esters is 1. The van der Waals surface area contributed by atoms with Gasteiger partial charge in [-0.3, -0.25) is 4.79 Å². The molecule has 16 heavy (non-hydrogen) atoms. The Bertz CT molecular complexity index is 336. The maximum atomic E-state index is 11.2. The fourth-order valence-electron chi connectivity index (χ4n) is 1.38. The van der Waals surface area contributed by atoms with Crippen LogP contribution in [0.3, 0.4) is 0 Å². The SMILES string of the molecule is COc1ccccc1CCC(=O)OCCO. The maximum Gasteiger partial charge on any atom is 0.306 e. The molecular weight excluding hydrogens is 208 g/mol. The van der Waals surface area contributed by atoms with Gasteiger partial charge in [0.2, 0.25) is 0 Å². The Hall–Kier alpha value is -1.55. The molecule has 0 aliphatic heterocycles. The molecule has 1 N–H and O–H groups in total. The molecule has 0 amide bonds. The summed E-state index contributed by atoms with van der Waals surface area (Å²) in [4.78, 5) is 11.2. The zero-order valence-corrected chi connectivity index (χ0v) is 9.31. The van der Waals surface area contributed by atoms with E-state index in [1.165, 1.54) is 0 Å². The quantitative estimate of drug-likeness (QED) is 0.737. The first-order valence-electron chi connectivity index (χ1n) is 5.16. The number of para-hydroxylation sites is 1. The van der Waals surface area contributed by atoms with Gasteiger partial charge in [-0.1, -0.05) is 18.2 Å². The standard InChI is InChI=1S/C12H16O4/c1-15-11-5-3-2-4-10(11)6-7-12(14)16-9-8-13/h2-5,13H,6-9H2,1H3. The second-order valence-electron chi connectivity index (χ2n) is 3.26. The van der Waals surface area contributed by atoms with Crippen molar-refractivity contribution in [3.8, 4) is 5.75 Å². The number of methoxy groups -OCH3 is 1. The largest absolute Gasteiger partial charge is 0.496 e. The Morgan fingerprint density at radius 2 is 2.12 bits per heavy atom. The number of rotatable bonds is 6. The van der Waals surface area contributed by atoms with Gasteiger partial charge in [-0.2, -0.15) is 0 Å². The van der Waals surface area contributed by atoms with Crippen LogP contribution in [0.25, 0.3) is 0 Å². The third-order valence-electron chi connectivity index (χ3n) is 2.15. The van der Waals surface area contributed by atoms with Crippen LogP contribution >= 0.6 is 0 Å². The van der Waals surface area contributed by atoms with Crippen LogP contribution in [-0.4, -0.2) is 31.4 Å². The number of ether oxygens (including phenoxy) is 2. The molecule has 88 valence electrons.